The molecule has 2 unspecified atom stereocenters. The number of ether oxygens (including phenoxy) is 1. The van der Waals surface area contributed by atoms with Crippen LogP contribution in [0.3, 0.4) is 0 Å². The van der Waals surface area contributed by atoms with Gasteiger partial charge in [0.15, 0.2) is 0 Å². The van der Waals surface area contributed by atoms with Crippen LogP contribution in [0.4, 0.5) is 0 Å². The molecule has 0 aliphatic heterocycles. The standard InChI is InChI=1S/C15H23ClO2/c1-10-6-7-11(12(16)8-10)9-13(17)14(18-5)15(2,3)4/h6-8,13-14,17H,9H2,1-5H3. The Bertz CT molecular complexity index is 396. The number of aliphatic hydroxyl groups is 1. The van der Waals surface area contributed by atoms with Crippen molar-refractivity contribution in [3.8, 4) is 0 Å². The molecule has 0 saturated carbocycles. The third-order valence-electron chi connectivity index (χ3n) is 3.09. The maximum absolute atomic E-state index is 10.3. The second-order valence-corrected chi connectivity index (χ2v) is 6.30. The number of halogens is 1. The molecule has 1 aromatic rings. The van der Waals surface area contributed by atoms with Crippen LogP contribution in [0.1, 0.15) is 31.9 Å². The van der Waals surface area contributed by atoms with Crippen molar-refractivity contribution in [1.82, 2.24) is 0 Å². The van der Waals surface area contributed by atoms with Gasteiger partial charge in [0.25, 0.3) is 0 Å². The van der Waals surface area contributed by atoms with Crippen molar-refractivity contribution in [1.29, 1.82) is 0 Å². The molecule has 2 atom stereocenters. The summed E-state index contributed by atoms with van der Waals surface area (Å²) in [5.74, 6) is 0. The Balaban J connectivity index is 2.83. The summed E-state index contributed by atoms with van der Waals surface area (Å²) in [5.41, 5.74) is 1.98. The number of aryl methyl sites for hydroxylation is 1. The lowest BCUT2D eigenvalue weighted by atomic mass is 9.83. The number of hydrogen-bond donors (Lipinski definition) is 1. The predicted molar refractivity (Wildman–Crippen MR) is 76.2 cm³/mol. The molecule has 1 N–H and O–H groups in total. The van der Waals surface area contributed by atoms with Crippen LogP contribution in [0, 0.1) is 12.3 Å². The maximum Gasteiger partial charge on any atom is 0.0881 e. The molecule has 0 saturated heterocycles. The van der Waals surface area contributed by atoms with Gasteiger partial charge in [-0.1, -0.05) is 44.5 Å². The minimum atomic E-state index is -0.560. The van der Waals surface area contributed by atoms with Gasteiger partial charge in [-0.3, -0.25) is 0 Å². The van der Waals surface area contributed by atoms with Crippen LogP contribution in [0.15, 0.2) is 18.2 Å². The van der Waals surface area contributed by atoms with Crippen molar-refractivity contribution in [3.63, 3.8) is 0 Å². The van der Waals surface area contributed by atoms with E-state index in [4.69, 9.17) is 16.3 Å². The minimum absolute atomic E-state index is 0.106. The van der Waals surface area contributed by atoms with E-state index >= 15 is 0 Å². The van der Waals surface area contributed by atoms with Gasteiger partial charge in [-0.2, -0.15) is 0 Å². The molecule has 0 radical (unpaired) electrons. The van der Waals surface area contributed by atoms with Crippen molar-refractivity contribution in [2.45, 2.75) is 46.3 Å². The molecule has 0 aliphatic rings. The fourth-order valence-corrected chi connectivity index (χ4v) is 2.55. The van der Waals surface area contributed by atoms with E-state index in [-0.39, 0.29) is 11.5 Å². The van der Waals surface area contributed by atoms with Gasteiger partial charge in [0.2, 0.25) is 0 Å². The summed E-state index contributed by atoms with van der Waals surface area (Å²) in [6, 6.07) is 5.89. The van der Waals surface area contributed by atoms with E-state index in [0.29, 0.717) is 11.4 Å². The molecule has 1 aromatic carbocycles. The molecule has 0 aliphatic carbocycles. The molecule has 102 valence electrons. The zero-order valence-electron chi connectivity index (χ0n) is 11.8. The Hall–Kier alpha value is -0.570. The molecule has 3 heteroatoms. The predicted octanol–water partition coefficient (Wildman–Crippen LogP) is 3.61. The lowest BCUT2D eigenvalue weighted by molar-refractivity contribution is -0.0698. The van der Waals surface area contributed by atoms with Crippen molar-refractivity contribution in [3.05, 3.63) is 34.3 Å². The zero-order chi connectivity index (χ0) is 13.9. The number of rotatable bonds is 4. The molecular weight excluding hydrogens is 248 g/mol. The van der Waals surface area contributed by atoms with Crippen LogP contribution in [0.25, 0.3) is 0 Å². The quantitative estimate of drug-likeness (QED) is 0.906. The van der Waals surface area contributed by atoms with E-state index in [2.05, 4.69) is 20.8 Å². The monoisotopic (exact) mass is 270 g/mol. The van der Waals surface area contributed by atoms with E-state index in [1.165, 1.54) is 0 Å². The molecule has 0 heterocycles. The van der Waals surface area contributed by atoms with Crippen molar-refractivity contribution in [2.75, 3.05) is 7.11 Å². The van der Waals surface area contributed by atoms with Crippen LogP contribution in [0.2, 0.25) is 5.02 Å². The van der Waals surface area contributed by atoms with Crippen LogP contribution in [-0.2, 0) is 11.2 Å². The van der Waals surface area contributed by atoms with Crippen LogP contribution in [0.5, 0.6) is 0 Å². The summed E-state index contributed by atoms with van der Waals surface area (Å²) in [6.45, 7) is 8.17. The van der Waals surface area contributed by atoms with Gasteiger partial charge in [-0.25, -0.2) is 0 Å². The average Bonchev–Trinajstić information content (AvgIpc) is 2.21. The van der Waals surface area contributed by atoms with Crippen LogP contribution in [-0.4, -0.2) is 24.4 Å². The van der Waals surface area contributed by atoms with Crippen molar-refractivity contribution < 1.29 is 9.84 Å². The SMILES string of the molecule is COC(C(O)Cc1ccc(C)cc1Cl)C(C)(C)C. The second-order valence-electron chi connectivity index (χ2n) is 5.89. The molecule has 0 aromatic heterocycles. The third-order valence-corrected chi connectivity index (χ3v) is 3.45. The highest BCUT2D eigenvalue weighted by atomic mass is 35.5. The van der Waals surface area contributed by atoms with E-state index in [1.807, 2.05) is 25.1 Å². The Morgan fingerprint density at radius 2 is 1.94 bits per heavy atom. The number of benzene rings is 1. The Morgan fingerprint density at radius 1 is 1.33 bits per heavy atom. The molecular formula is C15H23ClO2. The first-order valence-corrected chi connectivity index (χ1v) is 6.59. The second kappa shape index (κ2) is 6.05. The largest absolute Gasteiger partial charge is 0.390 e. The Labute approximate surface area is 115 Å². The summed E-state index contributed by atoms with van der Waals surface area (Å²) in [5, 5.41) is 11.0. The average molecular weight is 271 g/mol. The van der Waals surface area contributed by atoms with Crippen LogP contribution >= 0.6 is 11.6 Å². The van der Waals surface area contributed by atoms with E-state index < -0.39 is 6.10 Å². The Kier molecular flexibility index (Phi) is 5.20. The molecule has 0 bridgehead atoms. The fraction of sp³-hybridized carbons (Fsp3) is 0.600. The summed E-state index contributed by atoms with van der Waals surface area (Å²) in [6.07, 6.45) is -0.264. The van der Waals surface area contributed by atoms with E-state index in [0.717, 1.165) is 11.1 Å². The molecule has 18 heavy (non-hydrogen) atoms. The first-order valence-electron chi connectivity index (χ1n) is 6.21. The molecule has 2 nitrogen and oxygen atoms in total. The topological polar surface area (TPSA) is 29.5 Å². The van der Waals surface area contributed by atoms with Gasteiger partial charge in [0, 0.05) is 18.6 Å². The smallest absolute Gasteiger partial charge is 0.0881 e. The van der Waals surface area contributed by atoms with Crippen molar-refractivity contribution >= 4 is 11.6 Å². The maximum atomic E-state index is 10.3. The number of methoxy groups -OCH3 is 1. The highest BCUT2D eigenvalue weighted by Crippen LogP contribution is 2.28. The summed E-state index contributed by atoms with van der Waals surface area (Å²) < 4.78 is 5.42. The van der Waals surface area contributed by atoms with Gasteiger partial charge < -0.3 is 9.84 Å². The number of aliphatic hydroxyl groups excluding tert-OH is 1. The lowest BCUT2D eigenvalue weighted by Gasteiger charge is -2.33. The zero-order valence-corrected chi connectivity index (χ0v) is 12.6. The van der Waals surface area contributed by atoms with Crippen LogP contribution < -0.4 is 0 Å². The fourth-order valence-electron chi connectivity index (χ4n) is 2.24. The first-order chi connectivity index (χ1) is 8.25. The normalized spacial score (nSPS) is 15.5. The summed E-state index contributed by atoms with van der Waals surface area (Å²) >= 11 is 6.18. The highest BCUT2D eigenvalue weighted by molar-refractivity contribution is 6.31. The summed E-state index contributed by atoms with van der Waals surface area (Å²) in [4.78, 5) is 0. The van der Waals surface area contributed by atoms with Crippen molar-refractivity contribution in [2.24, 2.45) is 5.41 Å². The minimum Gasteiger partial charge on any atom is -0.390 e. The van der Waals surface area contributed by atoms with Gasteiger partial charge in [0.1, 0.15) is 0 Å². The molecule has 0 amide bonds. The van der Waals surface area contributed by atoms with Gasteiger partial charge in [-0.05, 0) is 29.5 Å². The molecule has 0 fully saturated rings. The van der Waals surface area contributed by atoms with Gasteiger partial charge in [-0.15, -0.1) is 0 Å². The molecule has 1 rings (SSSR count). The summed E-state index contributed by atoms with van der Waals surface area (Å²) in [7, 11) is 1.63. The first kappa shape index (κ1) is 15.5. The number of hydrogen-bond acceptors (Lipinski definition) is 2. The third kappa shape index (κ3) is 3.98. The van der Waals surface area contributed by atoms with Gasteiger partial charge in [0.05, 0.1) is 12.2 Å². The van der Waals surface area contributed by atoms with E-state index in [1.54, 1.807) is 7.11 Å². The van der Waals surface area contributed by atoms with E-state index in [9.17, 15) is 5.11 Å². The Morgan fingerprint density at radius 3 is 2.39 bits per heavy atom. The highest BCUT2D eigenvalue weighted by Gasteiger charge is 2.31. The van der Waals surface area contributed by atoms with Gasteiger partial charge >= 0.3 is 0 Å². The molecule has 0 spiro atoms. The lowest BCUT2D eigenvalue weighted by Crippen LogP contribution is -2.40.